The minimum absolute atomic E-state index is 0.543. The summed E-state index contributed by atoms with van der Waals surface area (Å²) >= 11 is 0. The predicted octanol–water partition coefficient (Wildman–Crippen LogP) is 0.227. The number of hydrogen-bond donors (Lipinski definition) is 3. The summed E-state index contributed by atoms with van der Waals surface area (Å²) in [6, 6.07) is 0. The predicted molar refractivity (Wildman–Crippen MR) is 68.7 cm³/mol. The van der Waals surface area contributed by atoms with Gasteiger partial charge in [-0.05, 0) is 0 Å². The Morgan fingerprint density at radius 3 is 2.82 bits per heavy atom. The number of carbonyl (C=O) groups excluding carboxylic acids is 1. The Morgan fingerprint density at radius 2 is 2.23 bits per heavy atom. The van der Waals surface area contributed by atoms with Gasteiger partial charge in [-0.1, -0.05) is 6.92 Å². The monoisotopic (exact) mass is 339 g/mol. The normalized spacial score (nSPS) is 28.1. The molecule has 0 spiro atoms. The molecule has 4 atom stereocenters. The van der Waals surface area contributed by atoms with Gasteiger partial charge in [0.05, 0.1) is 12.1 Å². The topological polar surface area (TPSA) is 137 Å². The number of hydrogen-bond acceptors (Lipinski definition) is 8. The van der Waals surface area contributed by atoms with Crippen LogP contribution in [-0.2, 0) is 9.47 Å². The summed E-state index contributed by atoms with van der Waals surface area (Å²) in [6.07, 6.45) is -4.26. The molecule has 1 fully saturated rings. The molecular weight excluding hydrogens is 327 g/mol. The number of anilines is 1. The number of rotatable bonds is 3. The van der Waals surface area contributed by atoms with Gasteiger partial charge in [-0.25, -0.2) is 18.4 Å². The Labute approximate surface area is 123 Å². The van der Waals surface area contributed by atoms with Gasteiger partial charge in [-0.15, -0.1) is 0 Å². The van der Waals surface area contributed by atoms with Crippen LogP contribution < -0.4 is 11.4 Å². The molecule has 1 saturated heterocycles. The second-order valence-electron chi connectivity index (χ2n) is 4.54. The fraction of sp³-hybridized carbons (Fsp3) is 0.500. The third kappa shape index (κ3) is 3.07. The third-order valence-corrected chi connectivity index (χ3v) is 3.50. The van der Waals surface area contributed by atoms with Crippen molar-refractivity contribution in [2.24, 2.45) is 5.92 Å². The van der Waals surface area contributed by atoms with Gasteiger partial charge in [0.15, 0.2) is 24.0 Å². The summed E-state index contributed by atoms with van der Waals surface area (Å²) in [7, 11) is -3.02. The number of alkyl halides is 1. The molecule has 1 aliphatic rings. The van der Waals surface area contributed by atoms with E-state index in [1.807, 2.05) is 0 Å². The lowest BCUT2D eigenvalue weighted by Gasteiger charge is -2.16. The number of nitrogens with two attached hydrogens (primary N) is 1. The molecule has 12 heteroatoms. The first-order chi connectivity index (χ1) is 10.2. The van der Waals surface area contributed by atoms with Crippen LogP contribution in [0.1, 0.15) is 13.2 Å². The van der Waals surface area contributed by atoms with E-state index in [-0.39, 0.29) is 0 Å². The molecule has 9 nitrogen and oxygen atoms in total. The molecule has 0 saturated carbocycles. The molecule has 1 aliphatic heterocycles. The highest BCUT2D eigenvalue weighted by Gasteiger charge is 2.46. The molecule has 122 valence electrons. The van der Waals surface area contributed by atoms with Gasteiger partial charge in [0, 0.05) is 0 Å². The fourth-order valence-electron chi connectivity index (χ4n) is 1.89. The number of carbonyl (C=O) groups is 1. The van der Waals surface area contributed by atoms with E-state index in [0.29, 0.717) is 10.8 Å². The molecule has 2 rings (SSSR count). The largest absolute Gasteiger partial charge is 0.429 e. The molecule has 0 radical (unpaired) electrons. The molecule has 0 bridgehead atoms. The van der Waals surface area contributed by atoms with E-state index in [1.165, 1.54) is 6.92 Å². The van der Waals surface area contributed by atoms with Crippen LogP contribution in [0.4, 0.5) is 19.4 Å². The SMILES string of the molecule is C[C@@H]1[C@@H](OC(=O)P(O)O)O[C@@H](n2cc(F)c(N)nc2=O)[C@H]1F. The molecule has 0 aromatic carbocycles. The van der Waals surface area contributed by atoms with Crippen LogP contribution in [0.5, 0.6) is 0 Å². The average molecular weight is 339 g/mol. The summed E-state index contributed by atoms with van der Waals surface area (Å²) in [6.45, 7) is 1.31. The van der Waals surface area contributed by atoms with Crippen molar-refractivity contribution in [1.82, 2.24) is 9.55 Å². The van der Waals surface area contributed by atoms with Crippen molar-refractivity contribution in [3.63, 3.8) is 0 Å². The Kier molecular flexibility index (Phi) is 4.71. The van der Waals surface area contributed by atoms with E-state index in [4.69, 9.17) is 20.3 Å². The van der Waals surface area contributed by atoms with Crippen molar-refractivity contribution >= 4 is 19.9 Å². The number of nitrogens with zero attached hydrogens (tertiary/aromatic N) is 2. The van der Waals surface area contributed by atoms with Crippen LogP contribution in [0.2, 0.25) is 0 Å². The first kappa shape index (κ1) is 16.7. The van der Waals surface area contributed by atoms with Crippen LogP contribution >= 0.6 is 8.38 Å². The molecule has 4 N–H and O–H groups in total. The van der Waals surface area contributed by atoms with Gasteiger partial charge >= 0.3 is 11.4 Å². The molecule has 22 heavy (non-hydrogen) atoms. The highest BCUT2D eigenvalue weighted by Crippen LogP contribution is 2.38. The summed E-state index contributed by atoms with van der Waals surface area (Å²) in [5.74, 6) is -2.72. The number of nitrogen functional groups attached to an aromatic ring is 1. The van der Waals surface area contributed by atoms with Crippen molar-refractivity contribution in [2.75, 3.05) is 5.73 Å². The molecule has 1 aromatic heterocycles. The minimum atomic E-state index is -3.02. The molecule has 1 aromatic rings. The number of aromatic nitrogens is 2. The summed E-state index contributed by atoms with van der Waals surface area (Å²) in [4.78, 5) is 43.3. The van der Waals surface area contributed by atoms with E-state index in [2.05, 4.69) is 9.72 Å². The van der Waals surface area contributed by atoms with Gasteiger partial charge < -0.3 is 25.0 Å². The van der Waals surface area contributed by atoms with Crippen LogP contribution in [0.25, 0.3) is 0 Å². The Morgan fingerprint density at radius 1 is 1.59 bits per heavy atom. The first-order valence-electron chi connectivity index (χ1n) is 5.94. The lowest BCUT2D eigenvalue weighted by Crippen LogP contribution is -2.32. The van der Waals surface area contributed by atoms with E-state index < -0.39 is 56.0 Å². The first-order valence-corrected chi connectivity index (χ1v) is 7.19. The van der Waals surface area contributed by atoms with E-state index >= 15 is 0 Å². The lowest BCUT2D eigenvalue weighted by atomic mass is 10.1. The summed E-state index contributed by atoms with van der Waals surface area (Å²) < 4.78 is 37.8. The van der Waals surface area contributed by atoms with Gasteiger partial charge in [-0.2, -0.15) is 4.98 Å². The number of halogens is 2. The van der Waals surface area contributed by atoms with Crippen molar-refractivity contribution in [2.45, 2.75) is 25.6 Å². The summed E-state index contributed by atoms with van der Waals surface area (Å²) in [5.41, 5.74) is 2.69. The third-order valence-electron chi connectivity index (χ3n) is 3.07. The molecule has 0 unspecified atom stereocenters. The van der Waals surface area contributed by atoms with Crippen LogP contribution in [-0.4, -0.2) is 37.5 Å². The fourth-order valence-corrected chi connectivity index (χ4v) is 2.08. The molecule has 2 heterocycles. The van der Waals surface area contributed by atoms with Gasteiger partial charge in [-0.3, -0.25) is 4.57 Å². The van der Waals surface area contributed by atoms with E-state index in [0.717, 1.165) is 0 Å². The average Bonchev–Trinajstić information content (AvgIpc) is 2.71. The van der Waals surface area contributed by atoms with Crippen molar-refractivity contribution in [3.8, 4) is 0 Å². The van der Waals surface area contributed by atoms with Crippen molar-refractivity contribution in [1.29, 1.82) is 0 Å². The lowest BCUT2D eigenvalue weighted by molar-refractivity contribution is -0.126. The van der Waals surface area contributed by atoms with Gasteiger partial charge in [0.1, 0.15) is 0 Å². The van der Waals surface area contributed by atoms with Crippen LogP contribution in [0.3, 0.4) is 0 Å². The van der Waals surface area contributed by atoms with Crippen LogP contribution in [0, 0.1) is 11.7 Å². The maximum Gasteiger partial charge on any atom is 0.385 e. The molecule has 0 amide bonds. The van der Waals surface area contributed by atoms with Gasteiger partial charge in [0.25, 0.3) is 8.38 Å². The Bertz CT molecular complexity index is 642. The second-order valence-corrected chi connectivity index (χ2v) is 5.48. The zero-order chi connectivity index (χ0) is 16.6. The molecule has 0 aliphatic carbocycles. The summed E-state index contributed by atoms with van der Waals surface area (Å²) in [5, 5.41) is 0. The zero-order valence-electron chi connectivity index (χ0n) is 11.1. The standard InChI is InChI=1S/C10H12F2N3O6P/c1-3-5(12)7(20-8(3)21-10(17)22(18)19)15-2-4(11)6(13)14-9(15)16/h2-3,5,7-8,18-19H,1H3,(H2,13,14,16)/t3-,5-,7+,8+/m0/s1. The zero-order valence-corrected chi connectivity index (χ0v) is 12.0. The minimum Gasteiger partial charge on any atom is -0.429 e. The maximum atomic E-state index is 14.2. The molecular formula is C10H12F2N3O6P. The van der Waals surface area contributed by atoms with Gasteiger partial charge in [0.2, 0.25) is 6.29 Å². The highest BCUT2D eigenvalue weighted by atomic mass is 31.2. The quantitative estimate of drug-likeness (QED) is 0.666. The number of ether oxygens (including phenoxy) is 2. The maximum absolute atomic E-state index is 14.2. The van der Waals surface area contributed by atoms with Crippen molar-refractivity contribution < 1.29 is 32.8 Å². The van der Waals surface area contributed by atoms with E-state index in [9.17, 15) is 18.4 Å². The van der Waals surface area contributed by atoms with Crippen molar-refractivity contribution in [3.05, 3.63) is 22.5 Å². The Hall–Kier alpha value is -1.68. The van der Waals surface area contributed by atoms with E-state index in [1.54, 1.807) is 0 Å². The highest BCUT2D eigenvalue weighted by molar-refractivity contribution is 7.63. The Balaban J connectivity index is 2.25. The second kappa shape index (κ2) is 6.21. The van der Waals surface area contributed by atoms with Crippen LogP contribution in [0.15, 0.2) is 11.0 Å². The smallest absolute Gasteiger partial charge is 0.385 e.